The minimum atomic E-state index is -0.796. The maximum Gasteiger partial charge on any atom is 0.326 e. The van der Waals surface area contributed by atoms with E-state index in [2.05, 4.69) is 6.07 Å². The second-order valence-electron chi connectivity index (χ2n) is 11.7. The molecule has 2 aliphatic heterocycles. The van der Waals surface area contributed by atoms with Gasteiger partial charge in [0.1, 0.15) is 17.6 Å². The van der Waals surface area contributed by atoms with Crippen molar-refractivity contribution < 1.29 is 14.3 Å². The molecule has 0 aliphatic carbocycles. The Morgan fingerprint density at radius 1 is 0.978 bits per heavy atom. The zero-order chi connectivity index (χ0) is 32.3. The van der Waals surface area contributed by atoms with E-state index in [4.69, 9.17) is 38.7 Å². The first-order valence-electron chi connectivity index (χ1n) is 14.9. The first-order valence-corrected chi connectivity index (χ1v) is 15.6. The molecule has 2 unspecified atom stereocenters. The topological polar surface area (TPSA) is 115 Å². The van der Waals surface area contributed by atoms with Crippen molar-refractivity contribution in [2.75, 3.05) is 39.3 Å². The molecule has 0 bridgehead atoms. The van der Waals surface area contributed by atoms with Crippen molar-refractivity contribution in [3.8, 4) is 11.8 Å². The second kappa shape index (κ2) is 13.5. The molecule has 3 aromatic rings. The monoisotopic (exact) mass is 646 g/mol. The SMILES string of the molecule is CCOc1ccc(C(C)(C)C#N)cc1C1=NC(c2ccc(Cl)cc2)C(c2ccc(Cl)cc2)N1C(=O)N1CCN(CC(N)=O)CC1. The van der Waals surface area contributed by atoms with Crippen molar-refractivity contribution in [2.24, 2.45) is 10.7 Å². The predicted octanol–water partition coefficient (Wildman–Crippen LogP) is 5.96. The summed E-state index contributed by atoms with van der Waals surface area (Å²) in [5, 5.41) is 11.1. The van der Waals surface area contributed by atoms with Crippen molar-refractivity contribution in [1.82, 2.24) is 14.7 Å². The smallest absolute Gasteiger partial charge is 0.326 e. The van der Waals surface area contributed by atoms with E-state index in [0.29, 0.717) is 60.0 Å². The zero-order valence-electron chi connectivity index (χ0n) is 25.5. The van der Waals surface area contributed by atoms with Gasteiger partial charge in [-0.1, -0.05) is 53.5 Å². The van der Waals surface area contributed by atoms with E-state index in [9.17, 15) is 14.9 Å². The number of carbonyl (C=O) groups excluding carboxylic acids is 2. The Bertz CT molecular complexity index is 1630. The molecule has 11 heteroatoms. The highest BCUT2D eigenvalue weighted by molar-refractivity contribution is 6.30. The van der Waals surface area contributed by atoms with Gasteiger partial charge in [-0.05, 0) is 73.9 Å². The third-order valence-electron chi connectivity index (χ3n) is 8.24. The summed E-state index contributed by atoms with van der Waals surface area (Å²) in [7, 11) is 0. The molecule has 5 rings (SSSR count). The maximum atomic E-state index is 14.7. The summed E-state index contributed by atoms with van der Waals surface area (Å²) in [6.07, 6.45) is 0. The van der Waals surface area contributed by atoms with E-state index in [1.807, 2.05) is 80.3 Å². The van der Waals surface area contributed by atoms with E-state index < -0.39 is 23.4 Å². The highest BCUT2D eigenvalue weighted by Crippen LogP contribution is 2.46. The number of amides is 3. The van der Waals surface area contributed by atoms with Crippen LogP contribution in [0, 0.1) is 11.3 Å². The number of ether oxygens (including phenoxy) is 1. The molecule has 2 atom stereocenters. The lowest BCUT2D eigenvalue weighted by Gasteiger charge is -2.39. The number of aliphatic imine (C=N–C) groups is 1. The summed E-state index contributed by atoms with van der Waals surface area (Å²) in [4.78, 5) is 37.0. The van der Waals surface area contributed by atoms with Gasteiger partial charge in [-0.3, -0.25) is 19.6 Å². The fourth-order valence-electron chi connectivity index (χ4n) is 5.76. The van der Waals surface area contributed by atoms with Gasteiger partial charge in [-0.2, -0.15) is 5.26 Å². The molecule has 2 heterocycles. The summed E-state index contributed by atoms with van der Waals surface area (Å²) in [5.41, 5.74) is 7.76. The number of nitrogens with zero attached hydrogens (tertiary/aromatic N) is 5. The molecule has 2 N–H and O–H groups in total. The number of rotatable bonds is 8. The minimum Gasteiger partial charge on any atom is -0.493 e. The van der Waals surface area contributed by atoms with Crippen LogP contribution in [-0.4, -0.2) is 71.8 Å². The Hall–Kier alpha value is -4.10. The lowest BCUT2D eigenvalue weighted by atomic mass is 9.85. The first kappa shape index (κ1) is 32.3. The Kier molecular flexibility index (Phi) is 9.68. The van der Waals surface area contributed by atoms with Gasteiger partial charge in [0, 0.05) is 36.2 Å². The fraction of sp³-hybridized carbons (Fsp3) is 0.353. The average Bonchev–Trinajstić information content (AvgIpc) is 3.42. The number of urea groups is 1. The number of piperazine rings is 1. The Morgan fingerprint density at radius 2 is 1.58 bits per heavy atom. The van der Waals surface area contributed by atoms with Crippen LogP contribution in [0.4, 0.5) is 4.79 Å². The number of benzene rings is 3. The van der Waals surface area contributed by atoms with Crippen molar-refractivity contribution in [3.63, 3.8) is 0 Å². The van der Waals surface area contributed by atoms with Crippen molar-refractivity contribution in [1.29, 1.82) is 5.26 Å². The largest absolute Gasteiger partial charge is 0.493 e. The van der Waals surface area contributed by atoms with Gasteiger partial charge >= 0.3 is 6.03 Å². The summed E-state index contributed by atoms with van der Waals surface area (Å²) < 4.78 is 6.09. The third kappa shape index (κ3) is 6.94. The molecule has 234 valence electrons. The van der Waals surface area contributed by atoms with Crippen LogP contribution in [0.1, 0.15) is 55.1 Å². The molecule has 0 spiro atoms. The maximum absolute atomic E-state index is 14.7. The normalized spacial score (nSPS) is 18.8. The molecular formula is C34H36Cl2N6O3. The van der Waals surface area contributed by atoms with Gasteiger partial charge in [-0.25, -0.2) is 4.79 Å². The number of hydrogen-bond acceptors (Lipinski definition) is 6. The van der Waals surface area contributed by atoms with Crippen LogP contribution in [0.5, 0.6) is 5.75 Å². The highest BCUT2D eigenvalue weighted by Gasteiger charge is 2.45. The molecule has 45 heavy (non-hydrogen) atoms. The standard InChI is InChI=1S/C34H36Cl2N6O3/c1-4-45-28-14-9-24(34(2,3)21-37)19-27(28)32-39-30(22-5-10-25(35)11-6-22)31(23-7-12-26(36)13-8-23)42(32)33(44)41-17-15-40(16-18-41)20-29(38)43/h5-14,19,30-31H,4,15-18,20H2,1-3H3,(H2,38,43). The van der Waals surface area contributed by atoms with Crippen LogP contribution in [0.15, 0.2) is 71.7 Å². The molecule has 1 fully saturated rings. The molecular weight excluding hydrogens is 611 g/mol. The number of carbonyl (C=O) groups is 2. The molecule has 9 nitrogen and oxygen atoms in total. The highest BCUT2D eigenvalue weighted by atomic mass is 35.5. The zero-order valence-corrected chi connectivity index (χ0v) is 27.1. The van der Waals surface area contributed by atoms with Crippen LogP contribution in [0.3, 0.4) is 0 Å². The van der Waals surface area contributed by atoms with E-state index >= 15 is 0 Å². The summed E-state index contributed by atoms with van der Waals surface area (Å²) in [6.45, 7) is 7.99. The minimum absolute atomic E-state index is 0.143. The number of hydrogen-bond donors (Lipinski definition) is 1. The lowest BCUT2D eigenvalue weighted by Crippen LogP contribution is -2.55. The van der Waals surface area contributed by atoms with Gasteiger partial charge in [0.2, 0.25) is 5.91 Å². The Labute approximate surface area is 273 Å². The van der Waals surface area contributed by atoms with Crippen LogP contribution in [-0.2, 0) is 10.2 Å². The molecule has 0 radical (unpaired) electrons. The van der Waals surface area contributed by atoms with E-state index in [1.165, 1.54) is 0 Å². The van der Waals surface area contributed by atoms with Crippen molar-refractivity contribution >= 4 is 41.0 Å². The molecule has 2 aliphatic rings. The number of nitriles is 1. The molecule has 0 saturated carbocycles. The van der Waals surface area contributed by atoms with Crippen LogP contribution in [0.25, 0.3) is 0 Å². The van der Waals surface area contributed by atoms with Crippen LogP contribution >= 0.6 is 23.2 Å². The number of halogens is 2. The van der Waals surface area contributed by atoms with Gasteiger partial charge in [-0.15, -0.1) is 0 Å². The first-order chi connectivity index (χ1) is 21.5. The molecule has 3 aromatic carbocycles. The van der Waals surface area contributed by atoms with Gasteiger partial charge in [0.25, 0.3) is 0 Å². The van der Waals surface area contributed by atoms with E-state index in [-0.39, 0.29) is 12.6 Å². The van der Waals surface area contributed by atoms with E-state index in [0.717, 1.165) is 16.7 Å². The quantitative estimate of drug-likeness (QED) is 0.324. The number of primary amides is 1. The predicted molar refractivity (Wildman–Crippen MR) is 176 cm³/mol. The summed E-state index contributed by atoms with van der Waals surface area (Å²) in [5.74, 6) is 0.601. The van der Waals surface area contributed by atoms with Crippen molar-refractivity contribution in [3.05, 3.63) is 99.0 Å². The van der Waals surface area contributed by atoms with Crippen LogP contribution < -0.4 is 10.5 Å². The Morgan fingerprint density at radius 3 is 2.13 bits per heavy atom. The number of amidine groups is 1. The lowest BCUT2D eigenvalue weighted by molar-refractivity contribution is -0.119. The fourth-order valence-corrected chi connectivity index (χ4v) is 6.02. The number of nitrogens with two attached hydrogens (primary N) is 1. The molecule has 1 saturated heterocycles. The second-order valence-corrected chi connectivity index (χ2v) is 12.6. The third-order valence-corrected chi connectivity index (χ3v) is 8.74. The molecule has 3 amide bonds. The van der Waals surface area contributed by atoms with Crippen molar-refractivity contribution in [2.45, 2.75) is 38.3 Å². The average molecular weight is 648 g/mol. The summed E-state index contributed by atoms with van der Waals surface area (Å²) >= 11 is 12.6. The van der Waals surface area contributed by atoms with Crippen LogP contribution in [0.2, 0.25) is 10.0 Å². The van der Waals surface area contributed by atoms with Gasteiger partial charge in [0.15, 0.2) is 0 Å². The van der Waals surface area contributed by atoms with Gasteiger partial charge < -0.3 is 15.4 Å². The summed E-state index contributed by atoms with van der Waals surface area (Å²) in [6, 6.07) is 21.7. The van der Waals surface area contributed by atoms with E-state index in [1.54, 1.807) is 21.9 Å². The molecule has 0 aromatic heterocycles. The Balaban J connectivity index is 1.68. The van der Waals surface area contributed by atoms with Gasteiger partial charge in [0.05, 0.1) is 36.2 Å².